The molecule has 0 aliphatic heterocycles. The molecule has 3 rings (SSSR count). The molecule has 1 atom stereocenters. The molecule has 0 saturated carbocycles. The number of likely N-dealkylation sites (N-methyl/N-ethyl adjacent to an activating group) is 1. The molecule has 1 heterocycles. The average molecular weight is 482 g/mol. The SMILES string of the molecule is CN(C)C(CNC(=O)c1ccc(NS(=O)(=O)c2cccs2)cc1)c1c(F)cccc1Cl. The fourth-order valence-corrected chi connectivity index (χ4v) is 5.32. The summed E-state index contributed by atoms with van der Waals surface area (Å²) in [5, 5.41) is 4.75. The first-order chi connectivity index (χ1) is 14.7. The van der Waals surface area contributed by atoms with Gasteiger partial charge in [0.1, 0.15) is 10.0 Å². The average Bonchev–Trinajstić information content (AvgIpc) is 3.26. The Balaban J connectivity index is 1.68. The minimum absolute atomic E-state index is 0.138. The van der Waals surface area contributed by atoms with Gasteiger partial charge in [-0.1, -0.05) is 23.7 Å². The number of nitrogens with one attached hydrogen (secondary N) is 2. The molecule has 31 heavy (non-hydrogen) atoms. The second-order valence-corrected chi connectivity index (χ2v) is 10.2. The Morgan fingerprint density at radius 2 is 1.84 bits per heavy atom. The van der Waals surface area contributed by atoms with Crippen molar-refractivity contribution in [2.75, 3.05) is 25.4 Å². The summed E-state index contributed by atoms with van der Waals surface area (Å²) < 4.78 is 41.6. The maximum absolute atomic E-state index is 14.3. The first-order valence-corrected chi connectivity index (χ1v) is 12.0. The topological polar surface area (TPSA) is 78.5 Å². The van der Waals surface area contributed by atoms with Crippen LogP contribution in [0.2, 0.25) is 5.02 Å². The lowest BCUT2D eigenvalue weighted by Gasteiger charge is -2.26. The van der Waals surface area contributed by atoms with E-state index in [1.54, 1.807) is 36.5 Å². The molecule has 1 aromatic heterocycles. The van der Waals surface area contributed by atoms with Gasteiger partial charge in [0.05, 0.1) is 6.04 Å². The van der Waals surface area contributed by atoms with E-state index in [4.69, 9.17) is 11.6 Å². The largest absolute Gasteiger partial charge is 0.350 e. The fraction of sp³-hybridized carbons (Fsp3) is 0.190. The van der Waals surface area contributed by atoms with E-state index >= 15 is 0 Å². The molecule has 0 aliphatic rings. The minimum Gasteiger partial charge on any atom is -0.350 e. The van der Waals surface area contributed by atoms with Gasteiger partial charge in [-0.05, 0) is 61.9 Å². The third kappa shape index (κ3) is 5.62. The van der Waals surface area contributed by atoms with Gasteiger partial charge in [-0.15, -0.1) is 11.3 Å². The fourth-order valence-electron chi connectivity index (χ4n) is 2.97. The molecule has 2 aromatic carbocycles. The Kier molecular flexibility index (Phi) is 7.32. The standard InChI is InChI=1S/C21H21ClFN3O3S2/c1-26(2)18(20-16(22)5-3-6-17(20)23)13-24-21(27)14-8-10-15(11-9-14)25-31(28,29)19-7-4-12-30-19/h3-12,18,25H,13H2,1-2H3,(H,24,27). The molecule has 0 spiro atoms. The quantitative estimate of drug-likeness (QED) is 0.500. The van der Waals surface area contributed by atoms with Crippen LogP contribution in [-0.4, -0.2) is 39.9 Å². The summed E-state index contributed by atoms with van der Waals surface area (Å²) in [7, 11) is -0.115. The molecule has 0 fully saturated rings. The van der Waals surface area contributed by atoms with Gasteiger partial charge in [0.25, 0.3) is 15.9 Å². The Labute approximate surface area is 189 Å². The van der Waals surface area contributed by atoms with E-state index in [0.717, 1.165) is 11.3 Å². The Morgan fingerprint density at radius 1 is 1.13 bits per heavy atom. The predicted octanol–water partition coefficient (Wildman–Crippen LogP) is 4.37. The second kappa shape index (κ2) is 9.78. The van der Waals surface area contributed by atoms with Crippen LogP contribution in [0.1, 0.15) is 22.0 Å². The maximum Gasteiger partial charge on any atom is 0.271 e. The van der Waals surface area contributed by atoms with Crippen molar-refractivity contribution >= 4 is 44.6 Å². The van der Waals surface area contributed by atoms with Crippen molar-refractivity contribution in [1.82, 2.24) is 10.2 Å². The van der Waals surface area contributed by atoms with E-state index in [2.05, 4.69) is 10.0 Å². The van der Waals surface area contributed by atoms with Gasteiger partial charge in [-0.2, -0.15) is 0 Å². The van der Waals surface area contributed by atoms with Gasteiger partial charge < -0.3 is 10.2 Å². The summed E-state index contributed by atoms with van der Waals surface area (Å²) in [6.45, 7) is 0.138. The van der Waals surface area contributed by atoms with E-state index in [0.29, 0.717) is 16.8 Å². The number of amides is 1. The summed E-state index contributed by atoms with van der Waals surface area (Å²) in [6.07, 6.45) is 0. The number of carbonyl (C=O) groups excluding carboxylic acids is 1. The number of rotatable bonds is 8. The van der Waals surface area contributed by atoms with Gasteiger partial charge in [-0.3, -0.25) is 9.52 Å². The lowest BCUT2D eigenvalue weighted by Crippen LogP contribution is -2.35. The summed E-state index contributed by atoms with van der Waals surface area (Å²) in [5.74, 6) is -0.810. The number of nitrogens with zero attached hydrogens (tertiary/aromatic N) is 1. The molecule has 164 valence electrons. The molecule has 3 aromatic rings. The number of hydrogen-bond acceptors (Lipinski definition) is 5. The Bertz CT molecular complexity index is 1130. The van der Waals surface area contributed by atoms with Crippen molar-refractivity contribution in [2.24, 2.45) is 0 Å². The van der Waals surface area contributed by atoms with E-state index in [1.165, 1.54) is 42.5 Å². The van der Waals surface area contributed by atoms with Crippen LogP contribution in [0.25, 0.3) is 0 Å². The zero-order valence-electron chi connectivity index (χ0n) is 16.8. The maximum atomic E-state index is 14.3. The van der Waals surface area contributed by atoms with Crippen LogP contribution in [0, 0.1) is 5.82 Å². The molecule has 0 bridgehead atoms. The van der Waals surface area contributed by atoms with Gasteiger partial charge in [0.2, 0.25) is 0 Å². The van der Waals surface area contributed by atoms with E-state index in [1.807, 2.05) is 0 Å². The number of halogens is 2. The molecule has 0 radical (unpaired) electrons. The summed E-state index contributed by atoms with van der Waals surface area (Å²) in [6, 6.07) is 13.2. The molecule has 2 N–H and O–H groups in total. The smallest absolute Gasteiger partial charge is 0.271 e. The van der Waals surface area contributed by atoms with Gasteiger partial charge in [-0.25, -0.2) is 12.8 Å². The highest BCUT2D eigenvalue weighted by Crippen LogP contribution is 2.28. The Hall–Kier alpha value is -2.46. The molecule has 1 unspecified atom stereocenters. The van der Waals surface area contributed by atoms with Crippen LogP contribution < -0.4 is 10.0 Å². The van der Waals surface area contributed by atoms with E-state index < -0.39 is 21.9 Å². The van der Waals surface area contributed by atoms with Crippen molar-refractivity contribution in [3.05, 3.63) is 81.9 Å². The summed E-state index contributed by atoms with van der Waals surface area (Å²) in [5.41, 5.74) is 0.998. The van der Waals surface area contributed by atoms with Crippen LogP contribution >= 0.6 is 22.9 Å². The molecule has 6 nitrogen and oxygen atoms in total. The molecular weight excluding hydrogens is 461 g/mol. The van der Waals surface area contributed by atoms with Gasteiger partial charge >= 0.3 is 0 Å². The van der Waals surface area contributed by atoms with E-state index in [9.17, 15) is 17.6 Å². The molecular formula is C21H21ClFN3O3S2. The van der Waals surface area contributed by atoms with Crippen molar-refractivity contribution in [1.29, 1.82) is 0 Å². The first-order valence-electron chi connectivity index (χ1n) is 9.24. The van der Waals surface area contributed by atoms with Crippen LogP contribution in [0.5, 0.6) is 0 Å². The van der Waals surface area contributed by atoms with Crippen molar-refractivity contribution in [3.63, 3.8) is 0 Å². The van der Waals surface area contributed by atoms with Crippen molar-refractivity contribution in [2.45, 2.75) is 10.3 Å². The summed E-state index contributed by atoms with van der Waals surface area (Å²) >= 11 is 7.29. The highest BCUT2D eigenvalue weighted by Gasteiger charge is 2.22. The Morgan fingerprint density at radius 3 is 2.42 bits per heavy atom. The van der Waals surface area contributed by atoms with Gasteiger partial charge in [0, 0.05) is 28.4 Å². The third-order valence-corrected chi connectivity index (χ3v) is 7.68. The van der Waals surface area contributed by atoms with Crippen molar-refractivity contribution in [3.8, 4) is 0 Å². The predicted molar refractivity (Wildman–Crippen MR) is 122 cm³/mol. The zero-order chi connectivity index (χ0) is 22.6. The number of hydrogen-bond donors (Lipinski definition) is 2. The highest BCUT2D eigenvalue weighted by molar-refractivity contribution is 7.94. The lowest BCUT2D eigenvalue weighted by molar-refractivity contribution is 0.0941. The van der Waals surface area contributed by atoms with Crippen LogP contribution in [0.4, 0.5) is 10.1 Å². The number of carbonyl (C=O) groups is 1. The monoisotopic (exact) mass is 481 g/mol. The number of sulfonamides is 1. The first kappa shape index (κ1) is 23.2. The van der Waals surface area contributed by atoms with Crippen LogP contribution in [0.3, 0.4) is 0 Å². The second-order valence-electron chi connectivity index (χ2n) is 6.94. The minimum atomic E-state index is -3.66. The van der Waals surface area contributed by atoms with Crippen LogP contribution in [0.15, 0.2) is 64.2 Å². The molecule has 10 heteroatoms. The van der Waals surface area contributed by atoms with Gasteiger partial charge in [0.15, 0.2) is 0 Å². The van der Waals surface area contributed by atoms with Crippen molar-refractivity contribution < 1.29 is 17.6 Å². The molecule has 0 aliphatic carbocycles. The number of benzene rings is 2. The third-order valence-electron chi connectivity index (χ3n) is 4.57. The number of thiophene rings is 1. The van der Waals surface area contributed by atoms with E-state index in [-0.39, 0.29) is 21.7 Å². The van der Waals surface area contributed by atoms with Crippen LogP contribution in [-0.2, 0) is 10.0 Å². The summed E-state index contributed by atoms with van der Waals surface area (Å²) in [4.78, 5) is 14.3. The highest BCUT2D eigenvalue weighted by atomic mass is 35.5. The molecule has 0 saturated heterocycles. The molecule has 1 amide bonds. The zero-order valence-corrected chi connectivity index (χ0v) is 19.2. The number of anilines is 1. The normalized spacial score (nSPS) is 12.5. The lowest BCUT2D eigenvalue weighted by atomic mass is 10.0.